The Kier molecular flexibility index (Phi) is 18.4. The summed E-state index contributed by atoms with van der Waals surface area (Å²) in [5.74, 6) is 0.168. The van der Waals surface area contributed by atoms with Gasteiger partial charge in [0.15, 0.2) is 0 Å². The van der Waals surface area contributed by atoms with Gasteiger partial charge in [-0.1, -0.05) is 72.8 Å². The first kappa shape index (κ1) is 26.8. The largest absolute Gasteiger partial charge is 4.00 e. The molecule has 2 nitrogen and oxygen atoms in total. The van der Waals surface area contributed by atoms with Crippen LogP contribution in [-0.2, 0) is 0 Å². The summed E-state index contributed by atoms with van der Waals surface area (Å²) in [5, 5.41) is 21.9. The summed E-state index contributed by atoms with van der Waals surface area (Å²) in [6.45, 7) is 3.49. The van der Waals surface area contributed by atoms with Gasteiger partial charge in [0.2, 0.25) is 0 Å². The van der Waals surface area contributed by atoms with E-state index in [9.17, 15) is 10.2 Å². The van der Waals surface area contributed by atoms with Crippen LogP contribution >= 0.6 is 0 Å². The third-order valence-electron chi connectivity index (χ3n) is 2.64. The topological polar surface area (TPSA) is 46.1 Å². The van der Waals surface area contributed by atoms with E-state index in [2.05, 4.69) is 0 Å². The van der Waals surface area contributed by atoms with Crippen LogP contribution in [0.3, 0.4) is 0 Å². The van der Waals surface area contributed by atoms with Crippen LogP contribution in [0.4, 0.5) is 0 Å². The van der Waals surface area contributed by atoms with Crippen LogP contribution in [0.5, 0.6) is 0 Å². The van der Waals surface area contributed by atoms with E-state index in [-0.39, 0.29) is 60.2 Å². The van der Waals surface area contributed by atoms with Gasteiger partial charge in [-0.05, 0) is 25.0 Å². The maximum Gasteiger partial charge on any atom is 4.00 e. The van der Waals surface area contributed by atoms with Crippen LogP contribution in [0, 0.1) is 0 Å². The van der Waals surface area contributed by atoms with Gasteiger partial charge in [0.25, 0.3) is 0 Å². The van der Waals surface area contributed by atoms with Crippen molar-refractivity contribution in [3.05, 3.63) is 83.9 Å². The summed E-state index contributed by atoms with van der Waals surface area (Å²) in [6.07, 6.45) is 3.13. The monoisotopic (exact) mass is 456 g/mol. The molecule has 0 atom stereocenters. The second kappa shape index (κ2) is 15.8. The predicted octanol–water partition coefficient (Wildman–Crippen LogP) is -3.56. The van der Waals surface area contributed by atoms with Crippen LogP contribution in [0.1, 0.15) is 25.0 Å². The second-order valence-electron chi connectivity index (χ2n) is 4.04. The Morgan fingerprint density at radius 1 is 0.652 bits per heavy atom. The average molecular weight is 456 g/mol. The van der Waals surface area contributed by atoms with Gasteiger partial charge in [0, 0.05) is 0 Å². The number of halogens is 2. The van der Waals surface area contributed by atoms with Crippen LogP contribution in [0.2, 0.25) is 0 Å². The fourth-order valence-electron chi connectivity index (χ4n) is 1.54. The molecule has 2 aromatic carbocycles. The fourth-order valence-corrected chi connectivity index (χ4v) is 1.54. The van der Waals surface area contributed by atoms with E-state index in [1.54, 1.807) is 26.0 Å². The maximum absolute atomic E-state index is 11.0. The van der Waals surface area contributed by atoms with E-state index in [0.717, 1.165) is 11.1 Å². The second-order valence-corrected chi connectivity index (χ2v) is 4.04. The van der Waals surface area contributed by atoms with Gasteiger partial charge in [-0.15, -0.1) is 11.5 Å². The first-order valence-corrected chi connectivity index (χ1v) is 6.46. The maximum atomic E-state index is 11.0. The van der Waals surface area contributed by atoms with Crippen LogP contribution in [0.15, 0.2) is 72.8 Å². The molecule has 0 radical (unpaired) electrons. The summed E-state index contributed by atoms with van der Waals surface area (Å²) in [6, 6.07) is 18.5. The summed E-state index contributed by atoms with van der Waals surface area (Å²) >= 11 is 0. The predicted molar refractivity (Wildman–Crippen MR) is 85.9 cm³/mol. The normalized spacial score (nSPS) is 10.0. The number of benzene rings is 2. The molecule has 0 saturated heterocycles. The molecular weight excluding hydrogens is 438 g/mol. The molecule has 0 heterocycles. The van der Waals surface area contributed by atoms with E-state index < -0.39 is 0 Å². The molecule has 0 bridgehead atoms. The molecule has 2 rings (SSSR count). The summed E-state index contributed by atoms with van der Waals surface area (Å²) in [4.78, 5) is 0. The average Bonchev–Trinajstić information content (AvgIpc) is 2.55. The zero-order valence-electron chi connectivity index (χ0n) is 13.0. The van der Waals surface area contributed by atoms with Gasteiger partial charge in [-0.3, -0.25) is 0 Å². The Morgan fingerprint density at radius 2 is 0.913 bits per heavy atom. The standard InChI is InChI=1S/2C9H10O.2ClH.Sn/c2*1-2-9(10)8-6-4-3-5-7-8;;;/h2*2-7,10H,1H3;2*1H;/q;;;;+4/p-4/b2*9-2+;;;. The van der Waals surface area contributed by atoms with Gasteiger partial charge < -0.3 is 35.0 Å². The van der Waals surface area contributed by atoms with Crippen molar-refractivity contribution < 1.29 is 35.0 Å². The Morgan fingerprint density at radius 3 is 1.13 bits per heavy atom. The molecule has 0 aliphatic rings. The smallest absolute Gasteiger partial charge is 1.00 e. The van der Waals surface area contributed by atoms with Crippen molar-refractivity contribution in [1.82, 2.24) is 0 Å². The molecule has 23 heavy (non-hydrogen) atoms. The Balaban J connectivity index is -0.000000308. The fraction of sp³-hybridized carbons (Fsp3) is 0.111. The van der Waals surface area contributed by atoms with E-state index >= 15 is 0 Å². The number of rotatable bonds is 2. The van der Waals surface area contributed by atoms with Crippen LogP contribution < -0.4 is 35.0 Å². The Bertz CT molecular complexity index is 517. The minimum atomic E-state index is 0. The number of allylic oxidation sites excluding steroid dienone is 2. The molecule has 2 aromatic rings. The zero-order chi connectivity index (χ0) is 14.8. The number of hydrogen-bond donors (Lipinski definition) is 0. The first-order valence-electron chi connectivity index (χ1n) is 6.46. The van der Waals surface area contributed by atoms with Crippen molar-refractivity contribution in [3.63, 3.8) is 0 Å². The molecule has 0 aliphatic carbocycles. The molecule has 0 N–H and O–H groups in total. The van der Waals surface area contributed by atoms with Crippen molar-refractivity contribution in [2.24, 2.45) is 0 Å². The third kappa shape index (κ3) is 10.3. The summed E-state index contributed by atoms with van der Waals surface area (Å²) < 4.78 is 0. The minimum Gasteiger partial charge on any atom is -1.00 e. The quantitative estimate of drug-likeness (QED) is 0.348. The first-order chi connectivity index (χ1) is 9.69. The molecule has 0 unspecified atom stereocenters. The van der Waals surface area contributed by atoms with Gasteiger partial charge in [0.05, 0.1) is 0 Å². The van der Waals surface area contributed by atoms with Crippen molar-refractivity contribution in [2.75, 3.05) is 0 Å². The van der Waals surface area contributed by atoms with Gasteiger partial charge in [-0.25, -0.2) is 0 Å². The molecule has 0 aromatic heterocycles. The molecule has 0 spiro atoms. The van der Waals surface area contributed by atoms with Crippen LogP contribution in [0.25, 0.3) is 11.5 Å². The van der Waals surface area contributed by atoms with E-state index in [1.807, 2.05) is 60.7 Å². The van der Waals surface area contributed by atoms with E-state index in [4.69, 9.17) is 0 Å². The van der Waals surface area contributed by atoms with Gasteiger partial charge in [-0.2, -0.15) is 0 Å². The van der Waals surface area contributed by atoms with Gasteiger partial charge in [0.1, 0.15) is 0 Å². The number of hydrogen-bond acceptors (Lipinski definition) is 2. The summed E-state index contributed by atoms with van der Waals surface area (Å²) in [5.41, 5.74) is 1.51. The van der Waals surface area contributed by atoms with E-state index in [1.165, 1.54) is 0 Å². The molecule has 120 valence electrons. The SMILES string of the molecule is C/C=C(/[O-])c1ccccc1.C/C=C(/[O-])c1ccccc1.[Cl-].[Cl-].[Sn+4]. The van der Waals surface area contributed by atoms with Gasteiger partial charge >= 0.3 is 23.9 Å². The zero-order valence-corrected chi connectivity index (χ0v) is 17.4. The molecule has 0 aliphatic heterocycles. The van der Waals surface area contributed by atoms with Crippen molar-refractivity contribution in [3.8, 4) is 0 Å². The van der Waals surface area contributed by atoms with Crippen LogP contribution in [-0.4, -0.2) is 23.9 Å². The Labute approximate surface area is 167 Å². The summed E-state index contributed by atoms with van der Waals surface area (Å²) in [7, 11) is 0. The minimum absolute atomic E-state index is 0. The molecule has 0 amide bonds. The molecular formula is C18H18Cl2O2Sn. The molecule has 0 saturated carbocycles. The molecule has 0 fully saturated rings. The Hall–Kier alpha value is -1.10. The third-order valence-corrected chi connectivity index (χ3v) is 2.64. The van der Waals surface area contributed by atoms with Crippen molar-refractivity contribution in [1.29, 1.82) is 0 Å². The molecule has 5 heteroatoms. The van der Waals surface area contributed by atoms with Crippen molar-refractivity contribution >= 4 is 35.4 Å². The van der Waals surface area contributed by atoms with Crippen molar-refractivity contribution in [2.45, 2.75) is 13.8 Å². The van der Waals surface area contributed by atoms with E-state index in [0.29, 0.717) is 0 Å².